The first-order valence-electron chi connectivity index (χ1n) is 16.4. The van der Waals surface area contributed by atoms with Crippen molar-refractivity contribution in [1.82, 2.24) is 0 Å². The highest BCUT2D eigenvalue weighted by molar-refractivity contribution is 6.74. The molecule has 2 saturated heterocycles. The summed E-state index contributed by atoms with van der Waals surface area (Å²) < 4.78 is 39.1. The summed E-state index contributed by atoms with van der Waals surface area (Å²) in [5.74, 6) is -0.461. The molecule has 8 atom stereocenters. The Morgan fingerprint density at radius 3 is 1.10 bits per heavy atom. The Morgan fingerprint density at radius 1 is 0.571 bits per heavy atom. The normalized spacial score (nSPS) is 30.0. The minimum absolute atomic E-state index is 0.0371. The van der Waals surface area contributed by atoms with E-state index in [1.54, 1.807) is 0 Å². The van der Waals surface area contributed by atoms with Gasteiger partial charge >= 0.3 is 0 Å². The van der Waals surface area contributed by atoms with E-state index in [-0.39, 0.29) is 58.2 Å². The van der Waals surface area contributed by atoms with E-state index in [0.717, 1.165) is 0 Å². The van der Waals surface area contributed by atoms with Crippen LogP contribution in [-0.4, -0.2) is 65.8 Å². The number of rotatable bonds is 12. The lowest BCUT2D eigenvalue weighted by Crippen LogP contribution is -2.44. The van der Waals surface area contributed by atoms with E-state index in [4.69, 9.17) is 27.8 Å². The molecular weight excluding hydrogens is 561 g/mol. The van der Waals surface area contributed by atoms with Crippen LogP contribution in [0.3, 0.4) is 0 Å². The maximum atomic E-state index is 6.59. The summed E-state index contributed by atoms with van der Waals surface area (Å²) in [6.45, 7) is 41.3. The molecule has 0 N–H and O–H groups in total. The zero-order valence-electron chi connectivity index (χ0n) is 30.6. The predicted molar refractivity (Wildman–Crippen MR) is 180 cm³/mol. The molecule has 2 aliphatic rings. The summed E-state index contributed by atoms with van der Waals surface area (Å²) in [6.07, 6.45) is 4.40. The van der Waals surface area contributed by atoms with E-state index >= 15 is 0 Å². The third kappa shape index (κ3) is 9.72. The first-order chi connectivity index (χ1) is 18.7. The van der Waals surface area contributed by atoms with E-state index in [9.17, 15) is 0 Å². The van der Waals surface area contributed by atoms with Gasteiger partial charge in [-0.15, -0.1) is 0 Å². The lowest BCUT2D eigenvalue weighted by Gasteiger charge is -2.38. The van der Waals surface area contributed by atoms with Gasteiger partial charge in [-0.05, 0) is 64.0 Å². The zero-order chi connectivity index (χ0) is 32.7. The first-order valence-corrected chi connectivity index (χ1v) is 22.2. The summed E-state index contributed by atoms with van der Waals surface area (Å²) in [6, 6.07) is 0. The van der Waals surface area contributed by atoms with Crippen molar-refractivity contribution in [1.29, 1.82) is 0 Å². The Labute approximate surface area is 262 Å². The van der Waals surface area contributed by atoms with Gasteiger partial charge in [-0.1, -0.05) is 81.4 Å². The molecule has 0 saturated carbocycles. The topological polar surface area (TPSA) is 55.4 Å². The molecule has 0 aromatic carbocycles. The van der Waals surface area contributed by atoms with Crippen molar-refractivity contribution < 1.29 is 27.8 Å². The number of hydrogen-bond donors (Lipinski definition) is 0. The van der Waals surface area contributed by atoms with Gasteiger partial charge < -0.3 is 27.8 Å². The quantitative estimate of drug-likeness (QED) is 0.159. The predicted octanol–water partition coefficient (Wildman–Crippen LogP) is 9.17. The molecule has 0 aromatic heterocycles. The Balaban J connectivity index is 2.12. The van der Waals surface area contributed by atoms with Crippen LogP contribution in [0, 0.1) is 23.7 Å². The Morgan fingerprint density at radius 2 is 0.833 bits per heavy atom. The van der Waals surface area contributed by atoms with Crippen LogP contribution in [0.25, 0.3) is 0 Å². The smallest absolute Gasteiger partial charge is 0.191 e. The third-order valence-electron chi connectivity index (χ3n) is 10.2. The van der Waals surface area contributed by atoms with Gasteiger partial charge in [-0.2, -0.15) is 0 Å². The minimum Gasteiger partial charge on any atom is -0.416 e. The molecule has 0 aromatic rings. The van der Waals surface area contributed by atoms with Gasteiger partial charge in [0.1, 0.15) is 0 Å². The Bertz CT molecular complexity index is 829. The van der Waals surface area contributed by atoms with E-state index < -0.39 is 28.2 Å². The molecule has 0 unspecified atom stereocenters. The van der Waals surface area contributed by atoms with Gasteiger partial charge in [0.2, 0.25) is 0 Å². The van der Waals surface area contributed by atoms with Gasteiger partial charge in [0, 0.05) is 36.9 Å². The lowest BCUT2D eigenvalue weighted by molar-refractivity contribution is -0.153. The SMILES string of the molecule is C[C@@H](/C=C/[C@H](C)[C@@H]1OC(C)(C)O[C@H]1[C@@H](C)CO[Si](C)(C)C(C)(C)C)[C@@H]1OC(C)(C)O[C@H]1[C@@H](C)CO[Si](C)(C)C(C)(C)C. The van der Waals surface area contributed by atoms with E-state index in [1.807, 2.05) is 27.7 Å². The van der Waals surface area contributed by atoms with Crippen LogP contribution in [0.1, 0.15) is 96.9 Å². The minimum atomic E-state index is -1.85. The summed E-state index contributed by atoms with van der Waals surface area (Å²) in [5, 5.41) is 0.356. The average Bonchev–Trinajstić information content (AvgIpc) is 3.33. The zero-order valence-corrected chi connectivity index (χ0v) is 32.6. The molecule has 2 fully saturated rings. The van der Waals surface area contributed by atoms with E-state index in [2.05, 4.69) is 108 Å². The van der Waals surface area contributed by atoms with Crippen LogP contribution in [0.2, 0.25) is 36.3 Å². The second-order valence-corrected chi connectivity index (χ2v) is 26.9. The Kier molecular flexibility index (Phi) is 12.1. The molecule has 248 valence electrons. The average molecular weight is 629 g/mol. The molecule has 2 rings (SSSR count). The second-order valence-electron chi connectivity index (χ2n) is 17.3. The molecule has 0 aliphatic carbocycles. The summed E-state index contributed by atoms with van der Waals surface area (Å²) in [5.41, 5.74) is 0. The first kappa shape index (κ1) is 38.1. The van der Waals surface area contributed by atoms with Crippen LogP contribution in [-0.2, 0) is 27.8 Å². The molecule has 0 bridgehead atoms. The fraction of sp³-hybridized carbons (Fsp3) is 0.941. The molecular formula is C34H68O6Si2. The van der Waals surface area contributed by atoms with Gasteiger partial charge in [0.05, 0.1) is 24.4 Å². The van der Waals surface area contributed by atoms with E-state index in [1.165, 1.54) is 0 Å². The molecule has 42 heavy (non-hydrogen) atoms. The molecule has 2 aliphatic heterocycles. The highest BCUT2D eigenvalue weighted by Crippen LogP contribution is 2.42. The van der Waals surface area contributed by atoms with Crippen molar-refractivity contribution in [3.63, 3.8) is 0 Å². The highest BCUT2D eigenvalue weighted by atomic mass is 28.4. The number of hydrogen-bond acceptors (Lipinski definition) is 6. The van der Waals surface area contributed by atoms with Crippen LogP contribution in [0.4, 0.5) is 0 Å². The molecule has 0 spiro atoms. The van der Waals surface area contributed by atoms with Crippen LogP contribution in [0.5, 0.6) is 0 Å². The van der Waals surface area contributed by atoms with Crippen molar-refractivity contribution in [2.45, 2.75) is 169 Å². The van der Waals surface area contributed by atoms with Crippen LogP contribution in [0.15, 0.2) is 12.2 Å². The Hall–Kier alpha value is -0.0662. The molecule has 0 radical (unpaired) electrons. The summed E-state index contributed by atoms with van der Waals surface area (Å²) >= 11 is 0. The highest BCUT2D eigenvalue weighted by Gasteiger charge is 2.48. The standard InChI is InChI=1S/C34H68O6Si2/c1-23(27-29(39-33(11,12)37-27)25(3)21-35-41(15,16)31(5,6)7)19-20-24(2)28-30(40-34(13,14)38-28)26(4)22-36-42(17,18)32(8,9)10/h19-20,23-30H,21-22H2,1-18H3/b20-19+/t23-,24-,25-,26-,27-,28-,29-,30-/m0/s1. The molecule has 2 heterocycles. The third-order valence-corrected chi connectivity index (χ3v) is 19.2. The van der Waals surface area contributed by atoms with E-state index in [0.29, 0.717) is 13.2 Å². The molecule has 0 amide bonds. The maximum Gasteiger partial charge on any atom is 0.191 e. The van der Waals surface area contributed by atoms with Gasteiger partial charge in [0.25, 0.3) is 0 Å². The van der Waals surface area contributed by atoms with Crippen LogP contribution < -0.4 is 0 Å². The molecule has 8 heteroatoms. The van der Waals surface area contributed by atoms with Crippen molar-refractivity contribution >= 4 is 16.6 Å². The monoisotopic (exact) mass is 628 g/mol. The molecule has 6 nitrogen and oxygen atoms in total. The summed E-state index contributed by atoms with van der Waals surface area (Å²) in [7, 11) is -3.69. The van der Waals surface area contributed by atoms with Gasteiger partial charge in [-0.25, -0.2) is 0 Å². The van der Waals surface area contributed by atoms with Gasteiger partial charge in [0.15, 0.2) is 28.2 Å². The van der Waals surface area contributed by atoms with Crippen molar-refractivity contribution in [2.24, 2.45) is 23.7 Å². The van der Waals surface area contributed by atoms with Crippen LogP contribution >= 0.6 is 0 Å². The van der Waals surface area contributed by atoms with Crippen molar-refractivity contribution in [3.05, 3.63) is 12.2 Å². The fourth-order valence-corrected chi connectivity index (χ4v) is 7.42. The second kappa shape index (κ2) is 13.3. The van der Waals surface area contributed by atoms with Gasteiger partial charge in [-0.3, -0.25) is 0 Å². The summed E-state index contributed by atoms with van der Waals surface area (Å²) in [4.78, 5) is 0. The number of ether oxygens (including phenoxy) is 4. The largest absolute Gasteiger partial charge is 0.416 e. The fourth-order valence-electron chi connectivity index (χ4n) is 5.20. The maximum absolute atomic E-state index is 6.59. The lowest BCUT2D eigenvalue weighted by atomic mass is 9.88. The van der Waals surface area contributed by atoms with Crippen molar-refractivity contribution in [3.8, 4) is 0 Å². The van der Waals surface area contributed by atoms with Crippen molar-refractivity contribution in [2.75, 3.05) is 13.2 Å².